The molecular weight excluding hydrogens is 376 g/mol. The first-order valence-corrected chi connectivity index (χ1v) is 9.86. The van der Waals surface area contributed by atoms with Gasteiger partial charge in [-0.1, -0.05) is 12.1 Å². The van der Waals surface area contributed by atoms with Gasteiger partial charge in [0.2, 0.25) is 0 Å². The van der Waals surface area contributed by atoms with Gasteiger partial charge in [-0.05, 0) is 37.3 Å². The van der Waals surface area contributed by atoms with Crippen molar-refractivity contribution in [2.45, 2.75) is 17.9 Å². The van der Waals surface area contributed by atoms with Gasteiger partial charge >= 0.3 is 0 Å². The monoisotopic (exact) mass is 395 g/mol. The summed E-state index contributed by atoms with van der Waals surface area (Å²) in [6.45, 7) is 3.55. The van der Waals surface area contributed by atoms with Gasteiger partial charge in [0.25, 0.3) is 15.9 Å². The topological polar surface area (TPSA) is 78.5 Å². The molecule has 0 radical (unpaired) electrons. The van der Waals surface area contributed by atoms with Crippen molar-refractivity contribution in [3.63, 3.8) is 0 Å². The molecule has 1 saturated heterocycles. The second kappa shape index (κ2) is 7.61. The summed E-state index contributed by atoms with van der Waals surface area (Å²) in [6, 6.07) is 8.35. The molecule has 0 saturated carbocycles. The van der Waals surface area contributed by atoms with Crippen LogP contribution in [0.3, 0.4) is 0 Å². The summed E-state index contributed by atoms with van der Waals surface area (Å²) in [6.07, 6.45) is 0. The van der Waals surface area contributed by atoms with Crippen molar-refractivity contribution in [3.05, 3.63) is 59.7 Å². The first-order chi connectivity index (χ1) is 12.8. The molecule has 6 nitrogen and oxygen atoms in total. The summed E-state index contributed by atoms with van der Waals surface area (Å²) in [5, 5.41) is 3.22. The third-order valence-corrected chi connectivity index (χ3v) is 5.62. The van der Waals surface area contributed by atoms with Gasteiger partial charge in [0.15, 0.2) is 0 Å². The zero-order valence-corrected chi connectivity index (χ0v) is 15.4. The van der Waals surface area contributed by atoms with E-state index in [1.54, 1.807) is 17.0 Å². The number of benzene rings is 2. The van der Waals surface area contributed by atoms with Crippen LogP contribution in [0.5, 0.6) is 0 Å². The van der Waals surface area contributed by atoms with E-state index in [-0.39, 0.29) is 23.2 Å². The zero-order valence-electron chi connectivity index (χ0n) is 14.6. The molecule has 1 unspecified atom stereocenters. The second-order valence-electron chi connectivity index (χ2n) is 6.33. The SMILES string of the molecule is CC1CN(C(=O)c2ccccc2NS(=O)(=O)c2cc(F)ccc2F)CCN1. The van der Waals surface area contributed by atoms with Gasteiger partial charge in [-0.25, -0.2) is 17.2 Å². The first-order valence-electron chi connectivity index (χ1n) is 8.37. The molecule has 3 rings (SSSR count). The Hall–Kier alpha value is -2.52. The molecule has 1 fully saturated rings. The fraction of sp³-hybridized carbons (Fsp3) is 0.278. The number of anilines is 1. The van der Waals surface area contributed by atoms with E-state index in [9.17, 15) is 22.0 Å². The molecule has 1 amide bonds. The summed E-state index contributed by atoms with van der Waals surface area (Å²) in [5.41, 5.74) is 0.157. The number of nitrogens with zero attached hydrogens (tertiary/aromatic N) is 1. The quantitative estimate of drug-likeness (QED) is 0.832. The molecule has 27 heavy (non-hydrogen) atoms. The van der Waals surface area contributed by atoms with Gasteiger partial charge < -0.3 is 10.2 Å². The molecule has 1 aliphatic heterocycles. The lowest BCUT2D eigenvalue weighted by atomic mass is 10.1. The number of piperazine rings is 1. The molecule has 0 bridgehead atoms. The third kappa shape index (κ3) is 4.25. The van der Waals surface area contributed by atoms with E-state index in [1.165, 1.54) is 12.1 Å². The van der Waals surface area contributed by atoms with Crippen LogP contribution in [0.15, 0.2) is 47.4 Å². The molecule has 0 aliphatic carbocycles. The van der Waals surface area contributed by atoms with Gasteiger partial charge in [0.1, 0.15) is 16.5 Å². The molecule has 0 spiro atoms. The van der Waals surface area contributed by atoms with E-state index >= 15 is 0 Å². The highest BCUT2D eigenvalue weighted by atomic mass is 32.2. The maximum absolute atomic E-state index is 13.9. The lowest BCUT2D eigenvalue weighted by molar-refractivity contribution is 0.0710. The predicted octanol–water partition coefficient (Wildman–Crippen LogP) is 2.20. The smallest absolute Gasteiger partial charge is 0.264 e. The van der Waals surface area contributed by atoms with Crippen LogP contribution in [0, 0.1) is 11.6 Å². The number of nitrogens with one attached hydrogen (secondary N) is 2. The lowest BCUT2D eigenvalue weighted by Gasteiger charge is -2.32. The summed E-state index contributed by atoms with van der Waals surface area (Å²) in [4.78, 5) is 13.6. The van der Waals surface area contributed by atoms with Crippen LogP contribution in [0.1, 0.15) is 17.3 Å². The Morgan fingerprint density at radius 3 is 2.70 bits per heavy atom. The molecule has 1 heterocycles. The number of para-hydroxylation sites is 1. The number of carbonyl (C=O) groups is 1. The number of hydrogen-bond donors (Lipinski definition) is 2. The summed E-state index contributed by atoms with van der Waals surface area (Å²) in [7, 11) is -4.41. The highest BCUT2D eigenvalue weighted by Gasteiger charge is 2.26. The van der Waals surface area contributed by atoms with Crippen LogP contribution in [0.25, 0.3) is 0 Å². The minimum Gasteiger partial charge on any atom is -0.336 e. The van der Waals surface area contributed by atoms with Crippen LogP contribution in [0.4, 0.5) is 14.5 Å². The summed E-state index contributed by atoms with van der Waals surface area (Å²) < 4.78 is 54.5. The van der Waals surface area contributed by atoms with Gasteiger partial charge in [-0.3, -0.25) is 9.52 Å². The van der Waals surface area contributed by atoms with Crippen LogP contribution in [-0.2, 0) is 10.0 Å². The van der Waals surface area contributed by atoms with Gasteiger partial charge in [0.05, 0.1) is 11.3 Å². The third-order valence-electron chi connectivity index (χ3n) is 4.24. The number of carbonyl (C=O) groups excluding carboxylic acids is 1. The molecule has 144 valence electrons. The van der Waals surface area contributed by atoms with Crippen molar-refractivity contribution in [2.75, 3.05) is 24.4 Å². The van der Waals surface area contributed by atoms with Crippen molar-refractivity contribution in [1.29, 1.82) is 0 Å². The van der Waals surface area contributed by atoms with E-state index < -0.39 is 26.6 Å². The van der Waals surface area contributed by atoms with Crippen molar-refractivity contribution in [1.82, 2.24) is 10.2 Å². The Balaban J connectivity index is 1.92. The fourth-order valence-electron chi connectivity index (χ4n) is 2.93. The Morgan fingerprint density at radius 2 is 1.96 bits per heavy atom. The van der Waals surface area contributed by atoms with E-state index in [4.69, 9.17) is 0 Å². The Kier molecular flexibility index (Phi) is 5.43. The average molecular weight is 395 g/mol. The van der Waals surface area contributed by atoms with E-state index in [0.717, 1.165) is 12.1 Å². The minimum absolute atomic E-state index is 0.0114. The minimum atomic E-state index is -4.41. The second-order valence-corrected chi connectivity index (χ2v) is 7.98. The first kappa shape index (κ1) is 19.2. The van der Waals surface area contributed by atoms with Crippen LogP contribution in [0.2, 0.25) is 0 Å². The highest BCUT2D eigenvalue weighted by molar-refractivity contribution is 7.92. The Morgan fingerprint density at radius 1 is 1.22 bits per heavy atom. The van der Waals surface area contributed by atoms with Gasteiger partial charge in [0, 0.05) is 25.7 Å². The average Bonchev–Trinajstić information content (AvgIpc) is 2.63. The Bertz CT molecular complexity index is 966. The molecular formula is C18H19F2N3O3S. The van der Waals surface area contributed by atoms with Crippen molar-refractivity contribution < 1.29 is 22.0 Å². The van der Waals surface area contributed by atoms with Crippen molar-refractivity contribution in [3.8, 4) is 0 Å². The molecule has 2 aromatic carbocycles. The van der Waals surface area contributed by atoms with Gasteiger partial charge in [-0.15, -0.1) is 0 Å². The van der Waals surface area contributed by atoms with E-state index in [2.05, 4.69) is 10.0 Å². The highest BCUT2D eigenvalue weighted by Crippen LogP contribution is 2.24. The van der Waals surface area contributed by atoms with Crippen molar-refractivity contribution >= 4 is 21.6 Å². The van der Waals surface area contributed by atoms with Gasteiger partial charge in [-0.2, -0.15) is 0 Å². The standard InChI is InChI=1S/C18H19F2N3O3S/c1-12-11-23(9-8-21-12)18(24)14-4-2-3-5-16(14)22-27(25,26)17-10-13(19)6-7-15(17)20/h2-7,10,12,21-22H,8-9,11H2,1H3. The number of halogens is 2. The molecule has 9 heteroatoms. The van der Waals surface area contributed by atoms with Crippen molar-refractivity contribution in [2.24, 2.45) is 0 Å². The normalized spacial score (nSPS) is 17.6. The number of sulfonamides is 1. The molecule has 2 aromatic rings. The van der Waals surface area contributed by atoms with Crippen LogP contribution >= 0.6 is 0 Å². The fourth-order valence-corrected chi connectivity index (χ4v) is 4.10. The predicted molar refractivity (Wildman–Crippen MR) is 97.0 cm³/mol. The number of rotatable bonds is 4. The largest absolute Gasteiger partial charge is 0.336 e. The molecule has 1 atom stereocenters. The van der Waals surface area contributed by atoms with Crippen LogP contribution in [-0.4, -0.2) is 44.9 Å². The molecule has 2 N–H and O–H groups in total. The maximum Gasteiger partial charge on any atom is 0.264 e. The summed E-state index contributed by atoms with van der Waals surface area (Å²) >= 11 is 0. The number of amides is 1. The number of hydrogen-bond acceptors (Lipinski definition) is 4. The Labute approximate surface area is 156 Å². The van der Waals surface area contributed by atoms with E-state index in [1.807, 2.05) is 6.92 Å². The van der Waals surface area contributed by atoms with E-state index in [0.29, 0.717) is 25.7 Å². The molecule has 0 aromatic heterocycles. The maximum atomic E-state index is 13.9. The summed E-state index contributed by atoms with van der Waals surface area (Å²) in [5.74, 6) is -2.29. The molecule has 1 aliphatic rings. The lowest BCUT2D eigenvalue weighted by Crippen LogP contribution is -2.51. The van der Waals surface area contributed by atoms with Crippen LogP contribution < -0.4 is 10.0 Å². The zero-order chi connectivity index (χ0) is 19.6.